The summed E-state index contributed by atoms with van der Waals surface area (Å²) >= 11 is 1.24. The van der Waals surface area contributed by atoms with Gasteiger partial charge in [0, 0.05) is 11.3 Å². The van der Waals surface area contributed by atoms with Crippen LogP contribution in [-0.2, 0) is 16.6 Å². The van der Waals surface area contributed by atoms with Crippen molar-refractivity contribution in [1.82, 2.24) is 9.51 Å². The highest BCUT2D eigenvalue weighted by Gasteiger charge is 2.24. The minimum atomic E-state index is -4.22. The second-order valence-corrected chi connectivity index (χ2v) is 10.1. The maximum Gasteiger partial charge on any atom is 0.269 e. The highest BCUT2D eigenvalue weighted by molar-refractivity contribution is 7.89. The third kappa shape index (κ3) is 5.16. The summed E-state index contributed by atoms with van der Waals surface area (Å²) in [6.45, 7) is 1.47. The molecule has 0 aliphatic carbocycles. The normalized spacial score (nSPS) is 11.5. The molecule has 168 valence electrons. The number of rotatable bonds is 8. The van der Waals surface area contributed by atoms with E-state index < -0.39 is 16.6 Å². The third-order valence-electron chi connectivity index (χ3n) is 4.93. The van der Waals surface area contributed by atoms with Crippen molar-refractivity contribution in [3.63, 3.8) is 0 Å². The minimum absolute atomic E-state index is 0.0864. The highest BCUT2D eigenvalue weighted by Crippen LogP contribution is 2.26. The summed E-state index contributed by atoms with van der Waals surface area (Å²) in [5.41, 5.74) is 2.70. The van der Waals surface area contributed by atoms with Gasteiger partial charge >= 0.3 is 0 Å². The Balaban J connectivity index is 1.41. The predicted octanol–water partition coefficient (Wildman–Crippen LogP) is 5.50. The number of carbonyl (C=O) groups excluding carboxylic acids is 1. The van der Waals surface area contributed by atoms with E-state index in [0.29, 0.717) is 26.8 Å². The molecule has 6 nitrogen and oxygen atoms in total. The lowest BCUT2D eigenvalue weighted by Gasteiger charge is -2.13. The highest BCUT2D eigenvalue weighted by atomic mass is 32.2. The van der Waals surface area contributed by atoms with Gasteiger partial charge in [-0.3, -0.25) is 4.79 Å². The zero-order valence-electron chi connectivity index (χ0n) is 17.6. The van der Waals surface area contributed by atoms with Crippen LogP contribution in [0.1, 0.15) is 26.4 Å². The number of benzene rings is 3. The molecule has 0 radical (unpaired) electrons. The van der Waals surface area contributed by atoms with Gasteiger partial charge in [0.1, 0.15) is 0 Å². The van der Waals surface area contributed by atoms with E-state index in [0.717, 1.165) is 5.56 Å². The predicted molar refractivity (Wildman–Crippen MR) is 127 cm³/mol. The largest absolute Gasteiger partial charge is 0.332 e. The molecule has 0 atom stereocenters. The quantitative estimate of drug-likeness (QED) is 0.265. The Hall–Kier alpha value is -3.40. The molecule has 0 amide bonds. The number of thiazole rings is 1. The van der Waals surface area contributed by atoms with Gasteiger partial charge in [0.2, 0.25) is 5.78 Å². The zero-order chi connectivity index (χ0) is 23.4. The maximum absolute atomic E-state index is 14.4. The number of sulfonamides is 1. The van der Waals surface area contributed by atoms with Gasteiger partial charge in [0.25, 0.3) is 10.0 Å². The van der Waals surface area contributed by atoms with E-state index in [4.69, 9.17) is 0 Å². The molecular formula is C24H20FN3O3S2. The van der Waals surface area contributed by atoms with E-state index in [2.05, 4.69) is 10.3 Å². The number of aryl methyl sites for hydroxylation is 1. The fourth-order valence-electron chi connectivity index (χ4n) is 3.15. The van der Waals surface area contributed by atoms with Crippen LogP contribution < -0.4 is 5.32 Å². The smallest absolute Gasteiger partial charge is 0.269 e. The summed E-state index contributed by atoms with van der Waals surface area (Å²) in [6, 6.07) is 21.5. The number of carbonyl (C=O) groups is 1. The van der Waals surface area contributed by atoms with Crippen molar-refractivity contribution >= 4 is 38.0 Å². The lowest BCUT2D eigenvalue weighted by atomic mass is 10.0. The third-order valence-corrected chi connectivity index (χ3v) is 7.36. The van der Waals surface area contributed by atoms with Gasteiger partial charge in [-0.15, -0.1) is 4.48 Å². The van der Waals surface area contributed by atoms with Crippen LogP contribution in [0, 0.1) is 6.92 Å². The van der Waals surface area contributed by atoms with Gasteiger partial charge in [0.05, 0.1) is 22.5 Å². The minimum Gasteiger partial charge on any atom is -0.332 e. The fraction of sp³-hybridized carbons (Fsp3) is 0.0833. The van der Waals surface area contributed by atoms with E-state index in [-0.39, 0.29) is 15.2 Å². The Morgan fingerprint density at radius 2 is 1.67 bits per heavy atom. The summed E-state index contributed by atoms with van der Waals surface area (Å²) in [4.78, 5) is 17.4. The molecule has 0 unspecified atom stereocenters. The number of hydrogen-bond donors (Lipinski definition) is 1. The van der Waals surface area contributed by atoms with Crippen molar-refractivity contribution in [1.29, 1.82) is 0 Å². The number of anilines is 2. The maximum atomic E-state index is 14.4. The molecule has 3 aromatic carbocycles. The molecule has 0 aliphatic heterocycles. The Kier molecular flexibility index (Phi) is 6.64. The standard InChI is InChI=1S/C24H20FN3O3S2/c1-17-7-5-6-10-21(17)23(29)22-15-26-24(32-22)27-19-13-11-18(12-14-19)16-28(25)33(30,31)20-8-3-2-4-9-20/h2-15H,16H2,1H3,(H,26,27). The molecule has 1 N–H and O–H groups in total. The number of aromatic nitrogens is 1. The van der Waals surface area contributed by atoms with Gasteiger partial charge in [0.15, 0.2) is 5.13 Å². The molecular weight excluding hydrogens is 461 g/mol. The Labute approximate surface area is 195 Å². The summed E-state index contributed by atoms with van der Waals surface area (Å²) in [7, 11) is -4.22. The van der Waals surface area contributed by atoms with Crippen LogP contribution in [-0.4, -0.2) is 23.7 Å². The Bertz CT molecular complexity index is 1370. The van der Waals surface area contributed by atoms with E-state index in [1.807, 2.05) is 25.1 Å². The van der Waals surface area contributed by atoms with Gasteiger partial charge in [-0.25, -0.2) is 13.4 Å². The molecule has 1 aromatic heterocycles. The van der Waals surface area contributed by atoms with E-state index >= 15 is 0 Å². The van der Waals surface area contributed by atoms with Gasteiger partial charge < -0.3 is 5.32 Å². The van der Waals surface area contributed by atoms with Crippen molar-refractivity contribution in [3.05, 3.63) is 107 Å². The van der Waals surface area contributed by atoms with Crippen LogP contribution in [0.4, 0.5) is 15.3 Å². The monoisotopic (exact) mass is 481 g/mol. The zero-order valence-corrected chi connectivity index (χ0v) is 19.2. The molecule has 0 fully saturated rings. The number of ketones is 1. The SMILES string of the molecule is Cc1ccccc1C(=O)c1cnc(Nc2ccc(CN(F)S(=O)(=O)c3ccccc3)cc2)s1. The second kappa shape index (κ2) is 9.62. The van der Waals surface area contributed by atoms with E-state index in [1.54, 1.807) is 48.5 Å². The first-order valence-electron chi connectivity index (χ1n) is 10.0. The molecule has 0 saturated heterocycles. The average molecular weight is 482 g/mol. The van der Waals surface area contributed by atoms with Crippen molar-refractivity contribution < 1.29 is 17.7 Å². The Morgan fingerprint density at radius 3 is 2.36 bits per heavy atom. The summed E-state index contributed by atoms with van der Waals surface area (Å²) in [6.07, 6.45) is 1.53. The lowest BCUT2D eigenvalue weighted by Crippen LogP contribution is -2.22. The van der Waals surface area contributed by atoms with Crippen molar-refractivity contribution in [2.24, 2.45) is 0 Å². The number of hydrogen-bond acceptors (Lipinski definition) is 6. The first-order valence-corrected chi connectivity index (χ1v) is 12.3. The van der Waals surface area contributed by atoms with E-state index in [1.165, 1.54) is 29.7 Å². The average Bonchev–Trinajstić information content (AvgIpc) is 3.29. The summed E-state index contributed by atoms with van der Waals surface area (Å²) in [5, 5.41) is 3.65. The van der Waals surface area contributed by atoms with Crippen LogP contribution in [0.5, 0.6) is 0 Å². The van der Waals surface area contributed by atoms with E-state index in [9.17, 15) is 17.7 Å². The van der Waals surface area contributed by atoms with Crippen molar-refractivity contribution in [3.8, 4) is 0 Å². The molecule has 4 rings (SSSR count). The molecule has 0 spiro atoms. The topological polar surface area (TPSA) is 79.4 Å². The first-order chi connectivity index (χ1) is 15.8. The van der Waals surface area contributed by atoms with Gasteiger partial charge in [-0.2, -0.15) is 0 Å². The van der Waals surface area contributed by atoms with Crippen molar-refractivity contribution in [2.45, 2.75) is 18.4 Å². The molecule has 4 aromatic rings. The molecule has 0 aliphatic rings. The van der Waals surface area contributed by atoms with Crippen LogP contribution >= 0.6 is 11.3 Å². The number of halogens is 1. The molecule has 9 heteroatoms. The fourth-order valence-corrected chi connectivity index (χ4v) is 4.99. The Morgan fingerprint density at radius 1 is 1.00 bits per heavy atom. The summed E-state index contributed by atoms with van der Waals surface area (Å²) < 4.78 is 38.9. The molecule has 1 heterocycles. The van der Waals surface area contributed by atoms with Crippen molar-refractivity contribution in [2.75, 3.05) is 5.32 Å². The van der Waals surface area contributed by atoms with Crippen LogP contribution in [0.2, 0.25) is 0 Å². The summed E-state index contributed by atoms with van der Waals surface area (Å²) in [5.74, 6) is -0.0864. The number of nitrogens with zero attached hydrogens (tertiary/aromatic N) is 2. The molecule has 33 heavy (non-hydrogen) atoms. The van der Waals surface area contributed by atoms with Gasteiger partial charge in [-0.05, 0) is 46.8 Å². The first kappa shape index (κ1) is 22.8. The van der Waals surface area contributed by atoms with Crippen LogP contribution in [0.25, 0.3) is 0 Å². The molecule has 0 saturated carbocycles. The lowest BCUT2D eigenvalue weighted by molar-refractivity contribution is 0.104. The number of nitrogens with one attached hydrogen (secondary N) is 1. The molecule has 0 bridgehead atoms. The van der Waals surface area contributed by atoms with Gasteiger partial charge in [-0.1, -0.05) is 65.9 Å². The van der Waals surface area contributed by atoms with Crippen LogP contribution in [0.15, 0.2) is 90.0 Å². The van der Waals surface area contributed by atoms with Crippen LogP contribution in [0.3, 0.4) is 0 Å². The second-order valence-electron chi connectivity index (χ2n) is 7.26.